The van der Waals surface area contributed by atoms with Crippen LogP contribution in [0.2, 0.25) is 0 Å². The first-order chi connectivity index (χ1) is 13.6. The molecule has 1 amide bonds. The summed E-state index contributed by atoms with van der Waals surface area (Å²) in [7, 11) is 0. The van der Waals surface area contributed by atoms with Crippen molar-refractivity contribution in [1.29, 1.82) is 0 Å². The third-order valence-electron chi connectivity index (χ3n) is 5.77. The molecular formula is C19H34F2N2O5S. The molecule has 2 aliphatic rings. The van der Waals surface area contributed by atoms with E-state index in [1.165, 1.54) is 0 Å². The van der Waals surface area contributed by atoms with Gasteiger partial charge in [-0.3, -0.25) is 4.79 Å². The van der Waals surface area contributed by atoms with Gasteiger partial charge in [-0.1, -0.05) is 26.2 Å². The largest absolute Gasteiger partial charge is 0.388 e. The highest BCUT2D eigenvalue weighted by Crippen LogP contribution is 2.33. The van der Waals surface area contributed by atoms with E-state index in [1.807, 2.05) is 0 Å². The monoisotopic (exact) mass is 440 g/mol. The second-order valence-corrected chi connectivity index (χ2v) is 9.11. The Morgan fingerprint density at radius 1 is 1.28 bits per heavy atom. The fourth-order valence-electron chi connectivity index (χ4n) is 4.01. The molecule has 8 atom stereocenters. The number of carbonyl (C=O) groups is 1. The van der Waals surface area contributed by atoms with Crippen molar-refractivity contribution in [2.45, 2.75) is 93.8 Å². The van der Waals surface area contributed by atoms with Gasteiger partial charge in [0.2, 0.25) is 5.91 Å². The van der Waals surface area contributed by atoms with Crippen molar-refractivity contribution in [3.8, 4) is 0 Å². The van der Waals surface area contributed by atoms with E-state index in [1.54, 1.807) is 6.26 Å². The van der Waals surface area contributed by atoms with Gasteiger partial charge in [-0.2, -0.15) is 0 Å². The minimum Gasteiger partial charge on any atom is -0.388 e. The van der Waals surface area contributed by atoms with Crippen molar-refractivity contribution in [3.63, 3.8) is 0 Å². The molecule has 7 nitrogen and oxygen atoms in total. The molecule has 2 aliphatic heterocycles. The number of amides is 1. The number of ether oxygens (including phenoxy) is 1. The molecule has 2 heterocycles. The molecule has 2 saturated heterocycles. The van der Waals surface area contributed by atoms with Gasteiger partial charge in [0.1, 0.15) is 35.9 Å². The summed E-state index contributed by atoms with van der Waals surface area (Å²) in [6.45, 7) is 3.42. The van der Waals surface area contributed by atoms with E-state index >= 15 is 0 Å². The number of nitrogens with one attached hydrogen (secondary N) is 2. The van der Waals surface area contributed by atoms with E-state index in [-0.39, 0.29) is 0 Å². The van der Waals surface area contributed by atoms with Crippen molar-refractivity contribution in [2.24, 2.45) is 5.92 Å². The van der Waals surface area contributed by atoms with E-state index in [0.29, 0.717) is 25.8 Å². The highest BCUT2D eigenvalue weighted by molar-refractivity contribution is 7.99. The van der Waals surface area contributed by atoms with Gasteiger partial charge >= 0.3 is 0 Å². The van der Waals surface area contributed by atoms with Crippen LogP contribution in [0.3, 0.4) is 0 Å². The maximum absolute atomic E-state index is 14.4. The van der Waals surface area contributed by atoms with Gasteiger partial charge < -0.3 is 30.7 Å². The number of carbonyl (C=O) groups excluding carboxylic acids is 1. The van der Waals surface area contributed by atoms with Crippen LogP contribution in [0.1, 0.15) is 46.0 Å². The Balaban J connectivity index is 2.05. The molecule has 0 unspecified atom stereocenters. The van der Waals surface area contributed by atoms with Gasteiger partial charge in [0.15, 0.2) is 0 Å². The lowest BCUT2D eigenvalue weighted by Crippen LogP contribution is -2.67. The minimum absolute atomic E-state index is 0.326. The van der Waals surface area contributed by atoms with Crippen LogP contribution in [0.4, 0.5) is 8.78 Å². The molecule has 170 valence electrons. The van der Waals surface area contributed by atoms with Crippen LogP contribution in [0.15, 0.2) is 0 Å². The lowest BCUT2D eigenvalue weighted by Gasteiger charge is -2.44. The summed E-state index contributed by atoms with van der Waals surface area (Å²) in [6, 6.07) is -2.43. The fourth-order valence-corrected chi connectivity index (χ4v) is 4.69. The van der Waals surface area contributed by atoms with Gasteiger partial charge in [-0.05, 0) is 31.6 Å². The number of thioether (sulfide) groups is 1. The highest BCUT2D eigenvalue weighted by Gasteiger charge is 2.53. The Hall–Kier alpha value is -0.520. The maximum atomic E-state index is 14.4. The van der Waals surface area contributed by atoms with Crippen molar-refractivity contribution in [1.82, 2.24) is 10.6 Å². The standard InChI is InChI=1S/C19H34F2N2O5S/c1-4-5-6-7-10-8-11(22-9-10)17(27)23-16(19(2,20)21)15-13(25)12(24)14(26)18(28-15)29-3/h10-16,18,22,24-26H,4-9H2,1-3H3,(H,23,27)/t10-,11+,12+,13-,14-,15+,16+,18-/m1/s1. The summed E-state index contributed by atoms with van der Waals surface area (Å²) in [6.07, 6.45) is 0.0675. The molecule has 5 N–H and O–H groups in total. The molecule has 2 fully saturated rings. The number of hydrogen-bond donors (Lipinski definition) is 5. The topological polar surface area (TPSA) is 111 Å². The Bertz CT molecular complexity index is 537. The molecule has 0 spiro atoms. The average molecular weight is 441 g/mol. The predicted octanol–water partition coefficient (Wildman–Crippen LogP) is 0.855. The first-order valence-electron chi connectivity index (χ1n) is 10.2. The third-order valence-corrected chi connectivity index (χ3v) is 6.62. The van der Waals surface area contributed by atoms with Crippen molar-refractivity contribution >= 4 is 17.7 Å². The zero-order valence-electron chi connectivity index (χ0n) is 17.2. The second kappa shape index (κ2) is 10.7. The zero-order chi connectivity index (χ0) is 21.8. The van der Waals surface area contributed by atoms with Gasteiger partial charge in [0.05, 0.1) is 6.04 Å². The van der Waals surface area contributed by atoms with Crippen molar-refractivity contribution in [2.75, 3.05) is 12.8 Å². The van der Waals surface area contributed by atoms with Gasteiger partial charge in [-0.25, -0.2) is 8.78 Å². The van der Waals surface area contributed by atoms with Gasteiger partial charge in [0.25, 0.3) is 5.92 Å². The number of unbranched alkanes of at least 4 members (excludes halogenated alkanes) is 2. The van der Waals surface area contributed by atoms with Gasteiger partial charge in [-0.15, -0.1) is 11.8 Å². The van der Waals surface area contributed by atoms with E-state index in [9.17, 15) is 28.9 Å². The first-order valence-corrected chi connectivity index (χ1v) is 11.5. The quantitative estimate of drug-likeness (QED) is 0.338. The lowest BCUT2D eigenvalue weighted by atomic mass is 9.91. The van der Waals surface area contributed by atoms with Crippen LogP contribution in [0.5, 0.6) is 0 Å². The van der Waals surface area contributed by atoms with Crippen LogP contribution in [-0.2, 0) is 9.53 Å². The molecule has 0 aromatic carbocycles. The molecule has 10 heteroatoms. The fraction of sp³-hybridized carbons (Fsp3) is 0.947. The van der Waals surface area contributed by atoms with E-state index < -0.39 is 53.8 Å². The Kier molecular flexibility index (Phi) is 9.11. The zero-order valence-corrected chi connectivity index (χ0v) is 18.0. The summed E-state index contributed by atoms with van der Waals surface area (Å²) < 4.78 is 34.2. The van der Waals surface area contributed by atoms with E-state index in [0.717, 1.165) is 37.4 Å². The SMILES string of the molecule is CCCCC[C@H]1CN[C@H](C(=O)N[C@@H]([C@H]2O[C@H](SC)[C@H](O)[C@@H](O)[C@H]2O)C(C)(F)F)C1. The third kappa shape index (κ3) is 6.24. The summed E-state index contributed by atoms with van der Waals surface area (Å²) in [4.78, 5) is 12.7. The molecular weight excluding hydrogens is 406 g/mol. The molecule has 2 rings (SSSR count). The van der Waals surface area contributed by atoms with Crippen LogP contribution < -0.4 is 10.6 Å². The van der Waals surface area contributed by atoms with Crippen LogP contribution in [0.25, 0.3) is 0 Å². The first kappa shape index (κ1) is 24.7. The summed E-state index contributed by atoms with van der Waals surface area (Å²) >= 11 is 1.03. The molecule has 0 aromatic rings. The smallest absolute Gasteiger partial charge is 0.267 e. The van der Waals surface area contributed by atoms with Crippen molar-refractivity contribution < 1.29 is 33.6 Å². The Morgan fingerprint density at radius 2 is 1.97 bits per heavy atom. The summed E-state index contributed by atoms with van der Waals surface area (Å²) in [5, 5.41) is 35.7. The number of halogens is 2. The van der Waals surface area contributed by atoms with Crippen LogP contribution in [0, 0.1) is 5.92 Å². The molecule has 0 aromatic heterocycles. The molecule has 29 heavy (non-hydrogen) atoms. The van der Waals surface area contributed by atoms with Crippen molar-refractivity contribution in [3.05, 3.63) is 0 Å². The molecule has 0 bridgehead atoms. The summed E-state index contributed by atoms with van der Waals surface area (Å²) in [5.41, 5.74) is -0.993. The van der Waals surface area contributed by atoms with E-state index in [2.05, 4.69) is 17.6 Å². The number of rotatable bonds is 9. The second-order valence-electron chi connectivity index (χ2n) is 8.18. The molecule has 0 aliphatic carbocycles. The normalized spacial score (nSPS) is 36.8. The van der Waals surface area contributed by atoms with Crippen LogP contribution >= 0.6 is 11.8 Å². The maximum Gasteiger partial charge on any atom is 0.267 e. The highest BCUT2D eigenvalue weighted by atomic mass is 32.2. The number of alkyl halides is 2. The number of aliphatic hydroxyl groups is 3. The van der Waals surface area contributed by atoms with Crippen LogP contribution in [-0.4, -0.2) is 81.9 Å². The van der Waals surface area contributed by atoms with Gasteiger partial charge in [0, 0.05) is 6.92 Å². The lowest BCUT2D eigenvalue weighted by molar-refractivity contribution is -0.222. The average Bonchev–Trinajstić information content (AvgIpc) is 3.13. The number of aliphatic hydroxyl groups excluding tert-OH is 3. The minimum atomic E-state index is -3.41. The molecule has 0 saturated carbocycles. The van der Waals surface area contributed by atoms with E-state index in [4.69, 9.17) is 4.74 Å². The Labute approximate surface area is 175 Å². The Morgan fingerprint density at radius 3 is 2.55 bits per heavy atom. The molecule has 0 radical (unpaired) electrons. The predicted molar refractivity (Wildman–Crippen MR) is 107 cm³/mol. The summed E-state index contributed by atoms with van der Waals surface area (Å²) in [5.74, 6) is -3.66. The number of hydrogen-bond acceptors (Lipinski definition) is 7.